The number of nitrogens with two attached hydrogens (primary N) is 1. The minimum absolute atomic E-state index is 0.121. The molecule has 0 radical (unpaired) electrons. The first-order valence-corrected chi connectivity index (χ1v) is 6.53. The summed E-state index contributed by atoms with van der Waals surface area (Å²) >= 11 is 1.41. The van der Waals surface area contributed by atoms with E-state index in [-0.39, 0.29) is 18.5 Å². The van der Waals surface area contributed by atoms with Gasteiger partial charge in [-0.3, -0.25) is 5.43 Å². The summed E-state index contributed by atoms with van der Waals surface area (Å²) in [5.41, 5.74) is 2.38. The van der Waals surface area contributed by atoms with Crippen LogP contribution in [-0.2, 0) is 0 Å². The summed E-state index contributed by atoms with van der Waals surface area (Å²) in [4.78, 5) is 16.3. The first-order valence-electron chi connectivity index (χ1n) is 5.54. The van der Waals surface area contributed by atoms with E-state index in [4.69, 9.17) is 10.9 Å². The second kappa shape index (κ2) is 6.41. The van der Waals surface area contributed by atoms with Gasteiger partial charge in [0.05, 0.1) is 0 Å². The van der Waals surface area contributed by atoms with Gasteiger partial charge in [0.15, 0.2) is 5.16 Å². The van der Waals surface area contributed by atoms with Gasteiger partial charge in [0.25, 0.3) is 5.95 Å². The second-order valence-electron chi connectivity index (χ2n) is 3.82. The predicted molar refractivity (Wildman–Crippen MR) is 69.5 cm³/mol. The maximum Gasteiger partial charge on any atom is 0.257 e. The zero-order valence-electron chi connectivity index (χ0n) is 10.3. The number of nitrogens with one attached hydrogen (secondary N) is 1. The molecule has 4 N–H and O–H groups in total. The fourth-order valence-corrected chi connectivity index (χ4v) is 1.99. The Morgan fingerprint density at radius 2 is 2.32 bits per heavy atom. The first kappa shape index (κ1) is 13.6. The van der Waals surface area contributed by atoms with Gasteiger partial charge in [-0.05, 0) is 5.92 Å². The standard InChI is InChI=1S/C9H14N8OS/c1-6(2-18)3-19-9-14-7(16-10)13-8(15-9)17-5-11-4-12-17/h4-6,18H,2-3,10H2,1H3,(H,13,14,15,16). The molecule has 0 aliphatic heterocycles. The number of hydrogen-bond donors (Lipinski definition) is 3. The molecule has 102 valence electrons. The van der Waals surface area contributed by atoms with Crippen LogP contribution in [0.25, 0.3) is 5.95 Å². The van der Waals surface area contributed by atoms with Gasteiger partial charge in [0.2, 0.25) is 5.95 Å². The molecule has 2 rings (SSSR count). The average molecular weight is 282 g/mol. The van der Waals surface area contributed by atoms with Crippen molar-refractivity contribution in [1.82, 2.24) is 29.7 Å². The minimum atomic E-state index is 0.121. The molecule has 0 aliphatic carbocycles. The van der Waals surface area contributed by atoms with Crippen molar-refractivity contribution in [2.75, 3.05) is 17.8 Å². The molecule has 0 bridgehead atoms. The number of hydrogen-bond acceptors (Lipinski definition) is 9. The van der Waals surface area contributed by atoms with E-state index in [1.54, 1.807) is 0 Å². The molecule has 10 heteroatoms. The molecule has 2 aromatic heterocycles. The average Bonchev–Trinajstić information content (AvgIpc) is 2.98. The molecule has 0 fully saturated rings. The third-order valence-corrected chi connectivity index (χ3v) is 3.34. The van der Waals surface area contributed by atoms with Crippen LogP contribution in [0.1, 0.15) is 6.92 Å². The second-order valence-corrected chi connectivity index (χ2v) is 4.81. The van der Waals surface area contributed by atoms with E-state index in [1.165, 1.54) is 29.1 Å². The smallest absolute Gasteiger partial charge is 0.257 e. The van der Waals surface area contributed by atoms with Crippen LogP contribution in [0.4, 0.5) is 5.95 Å². The van der Waals surface area contributed by atoms with Gasteiger partial charge in [0.1, 0.15) is 12.7 Å². The third-order valence-electron chi connectivity index (χ3n) is 2.16. The number of nitrogen functional groups attached to an aromatic ring is 1. The minimum Gasteiger partial charge on any atom is -0.396 e. The molecule has 0 saturated carbocycles. The van der Waals surface area contributed by atoms with Gasteiger partial charge in [-0.25, -0.2) is 10.8 Å². The number of rotatable bonds is 6. The maximum atomic E-state index is 9.00. The number of aromatic nitrogens is 6. The van der Waals surface area contributed by atoms with Crippen LogP contribution < -0.4 is 11.3 Å². The molecular formula is C9H14N8OS. The number of aliphatic hydroxyl groups is 1. The van der Waals surface area contributed by atoms with Gasteiger partial charge in [-0.15, -0.1) is 0 Å². The number of thioether (sulfide) groups is 1. The van der Waals surface area contributed by atoms with E-state index in [2.05, 4.69) is 30.5 Å². The van der Waals surface area contributed by atoms with E-state index < -0.39 is 0 Å². The lowest BCUT2D eigenvalue weighted by molar-refractivity contribution is 0.250. The van der Waals surface area contributed by atoms with Crippen molar-refractivity contribution >= 4 is 17.7 Å². The van der Waals surface area contributed by atoms with Crippen LogP contribution in [0.15, 0.2) is 17.8 Å². The Kier molecular flexibility index (Phi) is 4.60. The highest BCUT2D eigenvalue weighted by Crippen LogP contribution is 2.18. The summed E-state index contributed by atoms with van der Waals surface area (Å²) in [6.07, 6.45) is 2.88. The van der Waals surface area contributed by atoms with Crippen LogP contribution in [0.3, 0.4) is 0 Å². The molecule has 0 spiro atoms. The molecule has 0 saturated heterocycles. The molecule has 0 aromatic carbocycles. The quantitative estimate of drug-likeness (QED) is 0.363. The number of hydrazine groups is 1. The molecule has 19 heavy (non-hydrogen) atoms. The van der Waals surface area contributed by atoms with Crippen molar-refractivity contribution in [3.8, 4) is 5.95 Å². The zero-order valence-corrected chi connectivity index (χ0v) is 11.1. The van der Waals surface area contributed by atoms with Gasteiger partial charge in [-0.2, -0.15) is 24.7 Å². The Morgan fingerprint density at radius 3 is 2.95 bits per heavy atom. The van der Waals surface area contributed by atoms with E-state index in [0.717, 1.165) is 0 Å². The SMILES string of the molecule is CC(CO)CSc1nc(NN)nc(-n2cncn2)n1. The summed E-state index contributed by atoms with van der Waals surface area (Å²) in [6, 6.07) is 0. The fraction of sp³-hybridized carbons (Fsp3) is 0.444. The number of aliphatic hydroxyl groups excluding tert-OH is 1. The topological polar surface area (TPSA) is 128 Å². The summed E-state index contributed by atoms with van der Waals surface area (Å²) in [7, 11) is 0. The Bertz CT molecular complexity index is 519. The van der Waals surface area contributed by atoms with Crippen molar-refractivity contribution < 1.29 is 5.11 Å². The molecule has 2 aromatic rings. The fourth-order valence-electron chi connectivity index (χ4n) is 1.16. The monoisotopic (exact) mass is 282 g/mol. The van der Waals surface area contributed by atoms with E-state index in [9.17, 15) is 0 Å². The highest BCUT2D eigenvalue weighted by molar-refractivity contribution is 7.99. The van der Waals surface area contributed by atoms with Crippen molar-refractivity contribution in [1.29, 1.82) is 0 Å². The molecule has 9 nitrogen and oxygen atoms in total. The summed E-state index contributed by atoms with van der Waals surface area (Å²) < 4.78 is 1.42. The molecule has 2 heterocycles. The Labute approximate surface area is 113 Å². The molecule has 0 aliphatic rings. The van der Waals surface area contributed by atoms with Gasteiger partial charge in [0, 0.05) is 12.4 Å². The van der Waals surface area contributed by atoms with Gasteiger partial charge >= 0.3 is 0 Å². The molecular weight excluding hydrogens is 268 g/mol. The Hall–Kier alpha value is -1.78. The summed E-state index contributed by atoms with van der Waals surface area (Å²) in [5, 5.41) is 13.5. The summed E-state index contributed by atoms with van der Waals surface area (Å²) in [6.45, 7) is 2.06. The number of nitrogens with zero attached hydrogens (tertiary/aromatic N) is 6. The normalized spacial score (nSPS) is 12.4. The van der Waals surface area contributed by atoms with Crippen LogP contribution >= 0.6 is 11.8 Å². The highest BCUT2D eigenvalue weighted by Gasteiger charge is 2.10. The maximum absolute atomic E-state index is 9.00. The van der Waals surface area contributed by atoms with Crippen molar-refractivity contribution in [2.24, 2.45) is 11.8 Å². The van der Waals surface area contributed by atoms with Crippen molar-refractivity contribution in [3.05, 3.63) is 12.7 Å². The van der Waals surface area contributed by atoms with Crippen LogP contribution in [-0.4, -0.2) is 47.2 Å². The molecule has 1 atom stereocenters. The van der Waals surface area contributed by atoms with E-state index >= 15 is 0 Å². The highest BCUT2D eigenvalue weighted by atomic mass is 32.2. The Morgan fingerprint density at radius 1 is 1.47 bits per heavy atom. The lowest BCUT2D eigenvalue weighted by atomic mass is 10.2. The zero-order chi connectivity index (χ0) is 13.7. The molecule has 0 amide bonds. The largest absolute Gasteiger partial charge is 0.396 e. The molecule has 1 unspecified atom stereocenters. The predicted octanol–water partition coefficient (Wildman–Crippen LogP) is -0.542. The van der Waals surface area contributed by atoms with Crippen LogP contribution in [0, 0.1) is 5.92 Å². The lowest BCUT2D eigenvalue weighted by Gasteiger charge is -2.08. The third kappa shape index (κ3) is 3.59. The van der Waals surface area contributed by atoms with Gasteiger partial charge in [-0.1, -0.05) is 18.7 Å². The lowest BCUT2D eigenvalue weighted by Crippen LogP contribution is -2.14. The first-order chi connectivity index (χ1) is 9.22. The Balaban J connectivity index is 2.21. The van der Waals surface area contributed by atoms with E-state index in [1.807, 2.05) is 6.92 Å². The van der Waals surface area contributed by atoms with E-state index in [0.29, 0.717) is 16.9 Å². The van der Waals surface area contributed by atoms with Crippen molar-refractivity contribution in [3.63, 3.8) is 0 Å². The van der Waals surface area contributed by atoms with Crippen LogP contribution in [0.5, 0.6) is 0 Å². The van der Waals surface area contributed by atoms with Gasteiger partial charge < -0.3 is 5.11 Å². The van der Waals surface area contributed by atoms with Crippen LogP contribution in [0.2, 0.25) is 0 Å². The summed E-state index contributed by atoms with van der Waals surface area (Å²) in [5.74, 6) is 6.76. The van der Waals surface area contributed by atoms with Crippen molar-refractivity contribution in [2.45, 2.75) is 12.1 Å². The number of anilines is 1.